The summed E-state index contributed by atoms with van der Waals surface area (Å²) < 4.78 is 0. The zero-order chi connectivity index (χ0) is 11.5. The number of nitrogens with one attached hydrogen (secondary N) is 1. The van der Waals surface area contributed by atoms with Gasteiger partial charge in [-0.2, -0.15) is 0 Å². The highest BCUT2D eigenvalue weighted by molar-refractivity contribution is 5.87. The maximum atomic E-state index is 10.9. The van der Waals surface area contributed by atoms with Crippen LogP contribution < -0.4 is 5.32 Å². The summed E-state index contributed by atoms with van der Waals surface area (Å²) in [5.74, 6) is -0.348. The SMILES string of the molecule is C[C@H]1C[C@@H](c2cccc(C(=O)O)c2)CCN1. The monoisotopic (exact) mass is 219 g/mol. The Morgan fingerprint density at radius 2 is 2.31 bits per heavy atom. The summed E-state index contributed by atoms with van der Waals surface area (Å²) in [6.07, 6.45) is 2.18. The maximum absolute atomic E-state index is 10.9. The standard InChI is InChI=1S/C13H17NO2/c1-9-7-11(5-6-14-9)10-3-2-4-12(8-10)13(15)16/h2-4,8-9,11,14H,5-7H2,1H3,(H,15,16)/t9-,11-/m0/s1. The highest BCUT2D eigenvalue weighted by atomic mass is 16.4. The molecule has 1 fully saturated rings. The molecule has 2 N–H and O–H groups in total. The van der Waals surface area contributed by atoms with Crippen molar-refractivity contribution >= 4 is 5.97 Å². The largest absolute Gasteiger partial charge is 0.478 e. The van der Waals surface area contributed by atoms with Crippen LogP contribution in [0.4, 0.5) is 0 Å². The number of carboxylic acids is 1. The highest BCUT2D eigenvalue weighted by Gasteiger charge is 2.20. The third-order valence-electron chi connectivity index (χ3n) is 3.23. The van der Waals surface area contributed by atoms with E-state index in [2.05, 4.69) is 12.2 Å². The lowest BCUT2D eigenvalue weighted by atomic mass is 9.86. The Balaban J connectivity index is 2.19. The van der Waals surface area contributed by atoms with Crippen molar-refractivity contribution in [2.75, 3.05) is 6.54 Å². The third kappa shape index (κ3) is 2.42. The van der Waals surface area contributed by atoms with Crippen LogP contribution in [0, 0.1) is 0 Å². The normalized spacial score (nSPS) is 25.3. The first kappa shape index (κ1) is 11.1. The zero-order valence-corrected chi connectivity index (χ0v) is 9.44. The molecule has 0 aliphatic carbocycles. The van der Waals surface area contributed by atoms with Crippen molar-refractivity contribution < 1.29 is 9.90 Å². The van der Waals surface area contributed by atoms with Crippen LogP contribution in [0.3, 0.4) is 0 Å². The van der Waals surface area contributed by atoms with Crippen molar-refractivity contribution in [2.45, 2.75) is 31.7 Å². The van der Waals surface area contributed by atoms with E-state index in [0.717, 1.165) is 24.9 Å². The van der Waals surface area contributed by atoms with Crippen LogP contribution in [-0.4, -0.2) is 23.7 Å². The van der Waals surface area contributed by atoms with Crippen molar-refractivity contribution in [1.82, 2.24) is 5.32 Å². The summed E-state index contributed by atoms with van der Waals surface area (Å²) in [5.41, 5.74) is 1.55. The number of carbonyl (C=O) groups is 1. The average molecular weight is 219 g/mol. The molecule has 0 bridgehead atoms. The van der Waals surface area contributed by atoms with Gasteiger partial charge in [0.2, 0.25) is 0 Å². The Morgan fingerprint density at radius 1 is 1.50 bits per heavy atom. The van der Waals surface area contributed by atoms with E-state index in [9.17, 15) is 4.79 Å². The maximum Gasteiger partial charge on any atom is 0.335 e. The molecule has 0 spiro atoms. The van der Waals surface area contributed by atoms with Crippen molar-refractivity contribution in [2.24, 2.45) is 0 Å². The quantitative estimate of drug-likeness (QED) is 0.802. The van der Waals surface area contributed by atoms with Gasteiger partial charge in [-0.25, -0.2) is 4.79 Å². The van der Waals surface area contributed by atoms with Gasteiger partial charge >= 0.3 is 5.97 Å². The molecule has 86 valence electrons. The first-order valence-corrected chi connectivity index (χ1v) is 5.73. The number of hydrogen-bond donors (Lipinski definition) is 2. The van der Waals surface area contributed by atoms with E-state index in [1.807, 2.05) is 18.2 Å². The van der Waals surface area contributed by atoms with Gasteiger partial charge in [-0.05, 0) is 49.9 Å². The predicted molar refractivity (Wildman–Crippen MR) is 62.8 cm³/mol. The summed E-state index contributed by atoms with van der Waals surface area (Å²) in [5, 5.41) is 12.4. The molecular weight excluding hydrogens is 202 g/mol. The molecule has 1 aliphatic rings. The summed E-state index contributed by atoms with van der Waals surface area (Å²) >= 11 is 0. The van der Waals surface area contributed by atoms with Gasteiger partial charge in [-0.15, -0.1) is 0 Å². The fourth-order valence-electron chi connectivity index (χ4n) is 2.36. The lowest BCUT2D eigenvalue weighted by Gasteiger charge is -2.28. The molecule has 0 saturated carbocycles. The predicted octanol–water partition coefficient (Wildman–Crippen LogP) is 2.24. The van der Waals surface area contributed by atoms with E-state index in [1.165, 1.54) is 0 Å². The molecule has 0 amide bonds. The molecular formula is C13H17NO2. The second-order valence-electron chi connectivity index (χ2n) is 4.51. The van der Waals surface area contributed by atoms with Crippen molar-refractivity contribution in [1.29, 1.82) is 0 Å². The summed E-state index contributed by atoms with van der Waals surface area (Å²) in [7, 11) is 0. The molecule has 1 aromatic rings. The van der Waals surface area contributed by atoms with Gasteiger partial charge in [0.1, 0.15) is 0 Å². The van der Waals surface area contributed by atoms with Gasteiger partial charge in [0.25, 0.3) is 0 Å². The molecule has 0 unspecified atom stereocenters. The molecule has 2 rings (SSSR count). The third-order valence-corrected chi connectivity index (χ3v) is 3.23. The number of piperidine rings is 1. The van der Waals surface area contributed by atoms with Crippen LogP contribution in [0.25, 0.3) is 0 Å². The van der Waals surface area contributed by atoms with Gasteiger partial charge in [0, 0.05) is 6.04 Å². The molecule has 1 saturated heterocycles. The van der Waals surface area contributed by atoms with Gasteiger partial charge in [-0.1, -0.05) is 12.1 Å². The van der Waals surface area contributed by atoms with Crippen LogP contribution >= 0.6 is 0 Å². The molecule has 1 aliphatic heterocycles. The Bertz CT molecular complexity index is 389. The lowest BCUT2D eigenvalue weighted by Crippen LogP contribution is -2.34. The topological polar surface area (TPSA) is 49.3 Å². The van der Waals surface area contributed by atoms with Crippen LogP contribution in [0.15, 0.2) is 24.3 Å². The highest BCUT2D eigenvalue weighted by Crippen LogP contribution is 2.28. The summed E-state index contributed by atoms with van der Waals surface area (Å²) in [6.45, 7) is 3.19. The Hall–Kier alpha value is -1.35. The molecule has 2 atom stereocenters. The van der Waals surface area contributed by atoms with Crippen molar-refractivity contribution in [3.05, 3.63) is 35.4 Å². The molecule has 3 heteroatoms. The van der Waals surface area contributed by atoms with Crippen LogP contribution in [0.2, 0.25) is 0 Å². The Labute approximate surface area is 95.5 Å². The lowest BCUT2D eigenvalue weighted by molar-refractivity contribution is 0.0696. The van der Waals surface area contributed by atoms with Crippen LogP contribution in [0.1, 0.15) is 41.6 Å². The van der Waals surface area contributed by atoms with E-state index in [-0.39, 0.29) is 0 Å². The van der Waals surface area contributed by atoms with Crippen molar-refractivity contribution in [3.63, 3.8) is 0 Å². The minimum Gasteiger partial charge on any atom is -0.478 e. The van der Waals surface area contributed by atoms with E-state index in [0.29, 0.717) is 17.5 Å². The van der Waals surface area contributed by atoms with Crippen molar-refractivity contribution in [3.8, 4) is 0 Å². The molecule has 1 aromatic carbocycles. The van der Waals surface area contributed by atoms with Crippen LogP contribution in [-0.2, 0) is 0 Å². The molecule has 16 heavy (non-hydrogen) atoms. The smallest absolute Gasteiger partial charge is 0.335 e. The Morgan fingerprint density at radius 3 is 3.00 bits per heavy atom. The Kier molecular flexibility index (Phi) is 3.25. The van der Waals surface area contributed by atoms with E-state index in [1.54, 1.807) is 6.07 Å². The second-order valence-corrected chi connectivity index (χ2v) is 4.51. The summed E-state index contributed by atoms with van der Waals surface area (Å²) in [4.78, 5) is 10.9. The van der Waals surface area contributed by atoms with Gasteiger partial charge in [0.05, 0.1) is 5.56 Å². The molecule has 3 nitrogen and oxygen atoms in total. The van der Waals surface area contributed by atoms with E-state index in [4.69, 9.17) is 5.11 Å². The minimum atomic E-state index is -0.844. The number of carboxylic acid groups (broad SMARTS) is 1. The van der Waals surface area contributed by atoms with E-state index < -0.39 is 5.97 Å². The van der Waals surface area contributed by atoms with Gasteiger partial charge in [0.15, 0.2) is 0 Å². The number of hydrogen-bond acceptors (Lipinski definition) is 2. The van der Waals surface area contributed by atoms with Crippen LogP contribution in [0.5, 0.6) is 0 Å². The zero-order valence-electron chi connectivity index (χ0n) is 9.44. The molecule has 0 radical (unpaired) electrons. The fraction of sp³-hybridized carbons (Fsp3) is 0.462. The molecule has 0 aromatic heterocycles. The number of aromatic carboxylic acids is 1. The number of rotatable bonds is 2. The number of benzene rings is 1. The fourth-order valence-corrected chi connectivity index (χ4v) is 2.36. The average Bonchev–Trinajstić information content (AvgIpc) is 2.29. The first-order valence-electron chi connectivity index (χ1n) is 5.73. The van der Waals surface area contributed by atoms with Gasteiger partial charge < -0.3 is 10.4 Å². The van der Waals surface area contributed by atoms with E-state index >= 15 is 0 Å². The second kappa shape index (κ2) is 4.66. The van der Waals surface area contributed by atoms with Gasteiger partial charge in [-0.3, -0.25) is 0 Å². The minimum absolute atomic E-state index is 0.392. The summed E-state index contributed by atoms with van der Waals surface area (Å²) in [6, 6.07) is 7.86. The molecule has 1 heterocycles. The first-order chi connectivity index (χ1) is 7.66.